The normalized spacial score (nSPS) is 10.5. The van der Waals surface area contributed by atoms with Gasteiger partial charge >= 0.3 is 5.97 Å². The van der Waals surface area contributed by atoms with Crippen molar-refractivity contribution in [2.45, 2.75) is 13.5 Å². The number of hydrogen-bond acceptors (Lipinski definition) is 3. The van der Waals surface area contributed by atoms with Crippen molar-refractivity contribution < 1.29 is 14.6 Å². The molecule has 0 amide bonds. The molecule has 0 aliphatic carbocycles. The molecular weight excluding hydrogens is 312 g/mol. The maximum Gasteiger partial charge on any atom is 0.339 e. The topological polar surface area (TPSA) is 64.3 Å². The Morgan fingerprint density at radius 3 is 2.79 bits per heavy atom. The number of rotatable bonds is 4. The Balaban J connectivity index is 2.24. The standard InChI is InChI=1S/C13H13BrN2O3/c1-8-10(13(17)18)7-16(15-8)6-9-3-4-12(19-2)11(14)5-9/h3-5,7H,6H2,1-2H3,(H,17,18). The summed E-state index contributed by atoms with van der Waals surface area (Å²) in [6.07, 6.45) is 1.54. The number of carboxylic acids is 1. The maximum absolute atomic E-state index is 10.9. The van der Waals surface area contributed by atoms with Gasteiger partial charge in [0.05, 0.1) is 23.8 Å². The Hall–Kier alpha value is -1.82. The number of halogens is 1. The number of nitrogens with zero attached hydrogens (tertiary/aromatic N) is 2. The average molecular weight is 325 g/mol. The van der Waals surface area contributed by atoms with E-state index in [9.17, 15) is 4.79 Å². The van der Waals surface area contributed by atoms with E-state index in [1.807, 2.05) is 18.2 Å². The molecule has 0 aliphatic heterocycles. The Kier molecular flexibility index (Phi) is 3.90. The Morgan fingerprint density at radius 2 is 2.26 bits per heavy atom. The summed E-state index contributed by atoms with van der Waals surface area (Å²) in [4.78, 5) is 10.9. The van der Waals surface area contributed by atoms with Crippen LogP contribution >= 0.6 is 15.9 Å². The van der Waals surface area contributed by atoms with Gasteiger partial charge in [0.1, 0.15) is 11.3 Å². The summed E-state index contributed by atoms with van der Waals surface area (Å²) >= 11 is 3.41. The van der Waals surface area contributed by atoms with Crippen molar-refractivity contribution in [2.24, 2.45) is 0 Å². The van der Waals surface area contributed by atoms with Crippen LogP contribution in [0.2, 0.25) is 0 Å². The van der Waals surface area contributed by atoms with Crippen molar-refractivity contribution in [3.8, 4) is 5.75 Å². The van der Waals surface area contributed by atoms with Crippen molar-refractivity contribution in [3.05, 3.63) is 45.7 Å². The summed E-state index contributed by atoms with van der Waals surface area (Å²) in [6, 6.07) is 5.70. The van der Waals surface area contributed by atoms with Gasteiger partial charge in [-0.25, -0.2) is 4.79 Å². The van der Waals surface area contributed by atoms with Gasteiger partial charge in [-0.15, -0.1) is 0 Å². The minimum atomic E-state index is -0.959. The highest BCUT2D eigenvalue weighted by atomic mass is 79.9. The minimum Gasteiger partial charge on any atom is -0.496 e. The number of aromatic carboxylic acids is 1. The number of methoxy groups -OCH3 is 1. The van der Waals surface area contributed by atoms with Crippen LogP contribution in [-0.2, 0) is 6.54 Å². The Morgan fingerprint density at radius 1 is 1.53 bits per heavy atom. The summed E-state index contributed by atoms with van der Waals surface area (Å²) in [5.74, 6) is -0.203. The van der Waals surface area contributed by atoms with Crippen LogP contribution in [-0.4, -0.2) is 28.0 Å². The number of benzene rings is 1. The molecule has 1 N–H and O–H groups in total. The largest absolute Gasteiger partial charge is 0.496 e. The van der Waals surface area contributed by atoms with Crippen LogP contribution in [0, 0.1) is 6.92 Å². The number of carbonyl (C=O) groups is 1. The van der Waals surface area contributed by atoms with Gasteiger partial charge < -0.3 is 9.84 Å². The fourth-order valence-corrected chi connectivity index (χ4v) is 2.39. The smallest absolute Gasteiger partial charge is 0.339 e. The summed E-state index contributed by atoms with van der Waals surface area (Å²) in [7, 11) is 1.61. The molecule has 0 unspecified atom stereocenters. The molecule has 0 radical (unpaired) electrons. The molecule has 0 saturated heterocycles. The number of ether oxygens (including phenoxy) is 1. The second-order valence-corrected chi connectivity index (χ2v) is 4.95. The van der Waals surface area contributed by atoms with Crippen LogP contribution in [0.25, 0.3) is 0 Å². The third-order valence-corrected chi connectivity index (χ3v) is 3.36. The van der Waals surface area contributed by atoms with Crippen molar-refractivity contribution in [1.82, 2.24) is 9.78 Å². The first kappa shape index (κ1) is 13.6. The Labute approximate surface area is 118 Å². The molecule has 0 bridgehead atoms. The highest BCUT2D eigenvalue weighted by molar-refractivity contribution is 9.10. The molecule has 1 aromatic heterocycles. The lowest BCUT2D eigenvalue weighted by molar-refractivity contribution is 0.0696. The van der Waals surface area contributed by atoms with Crippen molar-refractivity contribution >= 4 is 21.9 Å². The SMILES string of the molecule is COc1ccc(Cn2cc(C(=O)O)c(C)n2)cc1Br. The summed E-state index contributed by atoms with van der Waals surface area (Å²) in [6.45, 7) is 2.20. The van der Waals surface area contributed by atoms with Crippen LogP contribution in [0.5, 0.6) is 5.75 Å². The zero-order chi connectivity index (χ0) is 14.0. The first-order valence-corrected chi connectivity index (χ1v) is 6.40. The van der Waals surface area contributed by atoms with Gasteiger partial charge in [-0.2, -0.15) is 5.10 Å². The highest BCUT2D eigenvalue weighted by Gasteiger charge is 2.12. The lowest BCUT2D eigenvalue weighted by atomic mass is 10.2. The van der Waals surface area contributed by atoms with E-state index in [-0.39, 0.29) is 5.56 Å². The summed E-state index contributed by atoms with van der Waals surface area (Å²) < 4.78 is 7.63. The third kappa shape index (κ3) is 2.96. The second kappa shape index (κ2) is 5.44. The van der Waals surface area contributed by atoms with Crippen LogP contribution < -0.4 is 4.74 Å². The van der Waals surface area contributed by atoms with E-state index in [2.05, 4.69) is 21.0 Å². The van der Waals surface area contributed by atoms with E-state index in [1.54, 1.807) is 18.7 Å². The zero-order valence-electron chi connectivity index (χ0n) is 10.6. The van der Waals surface area contributed by atoms with Crippen molar-refractivity contribution in [3.63, 3.8) is 0 Å². The molecule has 5 nitrogen and oxygen atoms in total. The lowest BCUT2D eigenvalue weighted by Crippen LogP contribution is -2.01. The quantitative estimate of drug-likeness (QED) is 0.939. The minimum absolute atomic E-state index is 0.229. The number of aryl methyl sites for hydroxylation is 1. The van der Waals surface area contributed by atoms with Crippen LogP contribution in [0.4, 0.5) is 0 Å². The highest BCUT2D eigenvalue weighted by Crippen LogP contribution is 2.25. The fraction of sp³-hybridized carbons (Fsp3) is 0.231. The molecule has 1 aromatic carbocycles. The van der Waals surface area contributed by atoms with E-state index >= 15 is 0 Å². The van der Waals surface area contributed by atoms with Crippen LogP contribution in [0.15, 0.2) is 28.9 Å². The first-order valence-electron chi connectivity index (χ1n) is 5.61. The van der Waals surface area contributed by atoms with Gasteiger partial charge in [-0.05, 0) is 40.5 Å². The van der Waals surface area contributed by atoms with E-state index in [4.69, 9.17) is 9.84 Å². The summed E-state index contributed by atoms with van der Waals surface area (Å²) in [5.41, 5.74) is 1.75. The molecule has 0 aliphatic rings. The molecule has 0 atom stereocenters. The average Bonchev–Trinajstić information content (AvgIpc) is 2.70. The molecule has 100 valence electrons. The maximum atomic E-state index is 10.9. The molecule has 0 fully saturated rings. The van der Waals surface area contributed by atoms with Crippen LogP contribution in [0.1, 0.15) is 21.6 Å². The molecule has 2 aromatic rings. The predicted molar refractivity (Wildman–Crippen MR) is 73.7 cm³/mol. The number of carboxylic acid groups (broad SMARTS) is 1. The molecule has 1 heterocycles. The van der Waals surface area contributed by atoms with Gasteiger partial charge in [-0.1, -0.05) is 6.07 Å². The van der Waals surface area contributed by atoms with E-state index in [0.29, 0.717) is 12.2 Å². The van der Waals surface area contributed by atoms with Crippen molar-refractivity contribution in [1.29, 1.82) is 0 Å². The van der Waals surface area contributed by atoms with Gasteiger partial charge in [0, 0.05) is 6.20 Å². The fourth-order valence-electron chi connectivity index (χ4n) is 1.80. The van der Waals surface area contributed by atoms with Crippen molar-refractivity contribution in [2.75, 3.05) is 7.11 Å². The van der Waals surface area contributed by atoms with E-state index in [0.717, 1.165) is 15.8 Å². The van der Waals surface area contributed by atoms with Gasteiger partial charge in [0.15, 0.2) is 0 Å². The van der Waals surface area contributed by atoms with Gasteiger partial charge in [0.25, 0.3) is 0 Å². The molecule has 2 rings (SSSR count). The van der Waals surface area contributed by atoms with Crippen LogP contribution in [0.3, 0.4) is 0 Å². The molecular formula is C13H13BrN2O3. The molecule has 0 spiro atoms. The number of aromatic nitrogens is 2. The molecule has 19 heavy (non-hydrogen) atoms. The van der Waals surface area contributed by atoms with Gasteiger partial charge in [-0.3, -0.25) is 4.68 Å². The zero-order valence-corrected chi connectivity index (χ0v) is 12.1. The first-order chi connectivity index (χ1) is 9.01. The predicted octanol–water partition coefficient (Wildman–Crippen LogP) is 2.71. The summed E-state index contributed by atoms with van der Waals surface area (Å²) in [5, 5.41) is 13.2. The van der Waals surface area contributed by atoms with E-state index in [1.165, 1.54) is 6.20 Å². The number of hydrogen-bond donors (Lipinski definition) is 1. The molecule has 6 heteroatoms. The van der Waals surface area contributed by atoms with Gasteiger partial charge in [0.2, 0.25) is 0 Å². The Bertz CT molecular complexity index is 622. The third-order valence-electron chi connectivity index (χ3n) is 2.74. The molecule has 0 saturated carbocycles. The lowest BCUT2D eigenvalue weighted by Gasteiger charge is -2.06. The monoisotopic (exact) mass is 324 g/mol. The van der Waals surface area contributed by atoms with E-state index < -0.39 is 5.97 Å². The second-order valence-electron chi connectivity index (χ2n) is 4.10.